The van der Waals surface area contributed by atoms with Gasteiger partial charge in [0.25, 0.3) is 0 Å². The summed E-state index contributed by atoms with van der Waals surface area (Å²) in [5.41, 5.74) is 3.02. The van der Waals surface area contributed by atoms with E-state index < -0.39 is 0 Å². The highest BCUT2D eigenvalue weighted by Gasteiger charge is 2.15. The molecule has 0 radical (unpaired) electrons. The molecule has 1 aromatic heterocycles. The number of nitrogens with one attached hydrogen (secondary N) is 2. The Labute approximate surface area is 155 Å². The number of carbonyl (C=O) groups excluding carboxylic acids is 1. The van der Waals surface area contributed by atoms with Crippen molar-refractivity contribution >= 4 is 28.8 Å². The van der Waals surface area contributed by atoms with E-state index in [4.69, 9.17) is 0 Å². The summed E-state index contributed by atoms with van der Waals surface area (Å²) in [7, 11) is 0. The van der Waals surface area contributed by atoms with E-state index in [1.807, 2.05) is 19.1 Å². The molecule has 1 aliphatic heterocycles. The van der Waals surface area contributed by atoms with Gasteiger partial charge in [-0.05, 0) is 61.6 Å². The smallest absolute Gasteiger partial charge is 0.224 e. The fraction of sp³-hybridized carbons (Fsp3) is 0.429. The Balaban J connectivity index is 1.56. The summed E-state index contributed by atoms with van der Waals surface area (Å²) in [6.07, 6.45) is 5.59. The van der Waals surface area contributed by atoms with Gasteiger partial charge < -0.3 is 15.5 Å². The minimum atomic E-state index is 0.0257. The quantitative estimate of drug-likeness (QED) is 0.784. The van der Waals surface area contributed by atoms with Gasteiger partial charge in [-0.25, -0.2) is 4.98 Å². The topological polar surface area (TPSA) is 57.3 Å². The molecule has 2 aromatic rings. The molecule has 0 unspecified atom stereocenters. The molecule has 2 N–H and O–H groups in total. The second-order valence-electron chi connectivity index (χ2n) is 7.07. The molecule has 0 saturated carbocycles. The zero-order valence-corrected chi connectivity index (χ0v) is 15.7. The number of hydrogen-bond donors (Lipinski definition) is 2. The molecule has 0 atom stereocenters. The molecular formula is C21H28N4O. The zero-order valence-electron chi connectivity index (χ0n) is 15.7. The first-order chi connectivity index (χ1) is 12.6. The molecule has 1 aromatic carbocycles. The number of amides is 1. The first kappa shape index (κ1) is 18.2. The lowest BCUT2D eigenvalue weighted by molar-refractivity contribution is -0.116. The van der Waals surface area contributed by atoms with E-state index in [-0.39, 0.29) is 5.91 Å². The third kappa shape index (κ3) is 4.97. The highest BCUT2D eigenvalue weighted by atomic mass is 16.1. The highest BCUT2D eigenvalue weighted by Crippen LogP contribution is 2.25. The van der Waals surface area contributed by atoms with Crippen molar-refractivity contribution in [3.63, 3.8) is 0 Å². The summed E-state index contributed by atoms with van der Waals surface area (Å²) in [5, 5.41) is 6.15. The Morgan fingerprint density at radius 3 is 2.42 bits per heavy atom. The van der Waals surface area contributed by atoms with E-state index >= 15 is 0 Å². The third-order valence-corrected chi connectivity index (χ3v) is 4.81. The Bertz CT molecular complexity index is 704. The number of hydrogen-bond acceptors (Lipinski definition) is 4. The number of piperidine rings is 1. The van der Waals surface area contributed by atoms with Gasteiger partial charge in [-0.15, -0.1) is 0 Å². The second kappa shape index (κ2) is 8.70. The fourth-order valence-corrected chi connectivity index (χ4v) is 3.16. The largest absolute Gasteiger partial charge is 0.372 e. The summed E-state index contributed by atoms with van der Waals surface area (Å²) in [5.74, 6) is 1.63. The zero-order chi connectivity index (χ0) is 18.4. The number of benzene rings is 1. The van der Waals surface area contributed by atoms with Gasteiger partial charge in [-0.3, -0.25) is 4.79 Å². The fourth-order valence-electron chi connectivity index (χ4n) is 3.16. The van der Waals surface area contributed by atoms with Crippen molar-refractivity contribution in [2.75, 3.05) is 28.6 Å². The first-order valence-electron chi connectivity index (χ1n) is 9.52. The van der Waals surface area contributed by atoms with Crippen molar-refractivity contribution < 1.29 is 4.79 Å². The van der Waals surface area contributed by atoms with Gasteiger partial charge in [0.15, 0.2) is 0 Å². The Morgan fingerprint density at radius 2 is 1.81 bits per heavy atom. The molecule has 5 nitrogen and oxygen atoms in total. The Morgan fingerprint density at radius 1 is 1.12 bits per heavy atom. The number of nitrogens with zero attached hydrogens (tertiary/aromatic N) is 2. The van der Waals surface area contributed by atoms with Gasteiger partial charge in [-0.1, -0.05) is 13.8 Å². The van der Waals surface area contributed by atoms with E-state index in [9.17, 15) is 4.79 Å². The molecule has 1 fully saturated rings. The highest BCUT2D eigenvalue weighted by molar-refractivity contribution is 5.90. The standard InChI is InChI=1S/C21H28N4O/c1-3-4-21(26)24-18-7-10-20(22-15-18)23-17-5-8-19(9-6-17)25-13-11-16(2)12-14-25/h5-10,15-16H,3-4,11-14H2,1-2H3,(H,22,23)(H,24,26). The van der Waals surface area contributed by atoms with E-state index in [1.54, 1.807) is 6.20 Å². The predicted molar refractivity (Wildman–Crippen MR) is 108 cm³/mol. The molecule has 0 bridgehead atoms. The lowest BCUT2D eigenvalue weighted by atomic mass is 9.99. The molecule has 138 valence electrons. The van der Waals surface area contributed by atoms with Gasteiger partial charge in [0.1, 0.15) is 5.82 Å². The maximum Gasteiger partial charge on any atom is 0.224 e. The van der Waals surface area contributed by atoms with Crippen LogP contribution in [0.1, 0.15) is 39.5 Å². The van der Waals surface area contributed by atoms with E-state index in [0.29, 0.717) is 6.42 Å². The average molecular weight is 352 g/mol. The summed E-state index contributed by atoms with van der Waals surface area (Å²) in [6.45, 7) is 6.60. The maximum atomic E-state index is 11.6. The van der Waals surface area contributed by atoms with Crippen LogP contribution in [0.3, 0.4) is 0 Å². The Hall–Kier alpha value is -2.56. The van der Waals surface area contributed by atoms with Crippen molar-refractivity contribution in [1.29, 1.82) is 0 Å². The SMILES string of the molecule is CCCC(=O)Nc1ccc(Nc2ccc(N3CCC(C)CC3)cc2)nc1. The molecule has 0 spiro atoms. The van der Waals surface area contributed by atoms with Crippen LogP contribution in [-0.4, -0.2) is 24.0 Å². The number of pyridine rings is 1. The molecule has 3 rings (SSSR count). The van der Waals surface area contributed by atoms with Gasteiger partial charge >= 0.3 is 0 Å². The molecule has 0 aliphatic carbocycles. The van der Waals surface area contributed by atoms with Crippen LogP contribution >= 0.6 is 0 Å². The number of carbonyl (C=O) groups is 1. The number of anilines is 4. The van der Waals surface area contributed by atoms with E-state index in [0.717, 1.165) is 42.6 Å². The van der Waals surface area contributed by atoms with Crippen LogP contribution in [0.2, 0.25) is 0 Å². The monoisotopic (exact) mass is 352 g/mol. The molecule has 5 heteroatoms. The summed E-state index contributed by atoms with van der Waals surface area (Å²) in [6, 6.07) is 12.3. The minimum Gasteiger partial charge on any atom is -0.372 e. The Kier molecular flexibility index (Phi) is 6.10. The molecule has 2 heterocycles. The normalized spacial score (nSPS) is 14.9. The lowest BCUT2D eigenvalue weighted by Gasteiger charge is -2.32. The van der Waals surface area contributed by atoms with E-state index in [2.05, 4.69) is 51.7 Å². The number of rotatable bonds is 6. The van der Waals surface area contributed by atoms with Gasteiger partial charge in [0.05, 0.1) is 11.9 Å². The summed E-state index contributed by atoms with van der Waals surface area (Å²) >= 11 is 0. The van der Waals surface area contributed by atoms with Crippen LogP contribution < -0.4 is 15.5 Å². The average Bonchev–Trinajstić information content (AvgIpc) is 2.65. The van der Waals surface area contributed by atoms with Crippen LogP contribution in [0.25, 0.3) is 0 Å². The molecular weight excluding hydrogens is 324 g/mol. The van der Waals surface area contributed by atoms with Crippen molar-refractivity contribution in [2.45, 2.75) is 39.5 Å². The van der Waals surface area contributed by atoms with Crippen molar-refractivity contribution in [2.24, 2.45) is 5.92 Å². The first-order valence-corrected chi connectivity index (χ1v) is 9.52. The summed E-state index contributed by atoms with van der Waals surface area (Å²) < 4.78 is 0. The summed E-state index contributed by atoms with van der Waals surface area (Å²) in [4.78, 5) is 18.4. The van der Waals surface area contributed by atoms with Crippen LogP contribution in [0.4, 0.5) is 22.9 Å². The van der Waals surface area contributed by atoms with Crippen LogP contribution in [-0.2, 0) is 4.79 Å². The van der Waals surface area contributed by atoms with Crippen molar-refractivity contribution in [1.82, 2.24) is 4.98 Å². The predicted octanol–water partition coefficient (Wildman–Crippen LogP) is 4.80. The van der Waals surface area contributed by atoms with Gasteiger partial charge in [0.2, 0.25) is 5.91 Å². The van der Waals surface area contributed by atoms with Crippen molar-refractivity contribution in [3.05, 3.63) is 42.6 Å². The minimum absolute atomic E-state index is 0.0257. The molecule has 1 amide bonds. The second-order valence-corrected chi connectivity index (χ2v) is 7.07. The van der Waals surface area contributed by atoms with Gasteiger partial charge in [-0.2, -0.15) is 0 Å². The molecule has 1 saturated heterocycles. The molecule has 1 aliphatic rings. The molecule has 26 heavy (non-hydrogen) atoms. The van der Waals surface area contributed by atoms with Crippen LogP contribution in [0, 0.1) is 5.92 Å². The van der Waals surface area contributed by atoms with Gasteiger partial charge in [0, 0.05) is 30.9 Å². The third-order valence-electron chi connectivity index (χ3n) is 4.81. The van der Waals surface area contributed by atoms with Crippen LogP contribution in [0.15, 0.2) is 42.6 Å². The number of aromatic nitrogens is 1. The van der Waals surface area contributed by atoms with Crippen LogP contribution in [0.5, 0.6) is 0 Å². The van der Waals surface area contributed by atoms with Crippen molar-refractivity contribution in [3.8, 4) is 0 Å². The lowest BCUT2D eigenvalue weighted by Crippen LogP contribution is -2.32. The maximum absolute atomic E-state index is 11.6. The van der Waals surface area contributed by atoms with E-state index in [1.165, 1.54) is 18.5 Å².